The van der Waals surface area contributed by atoms with Gasteiger partial charge in [0.1, 0.15) is 5.82 Å². The monoisotopic (exact) mass is 357 g/mol. The number of aryl methyl sites for hydroxylation is 1. The van der Waals surface area contributed by atoms with E-state index in [1.54, 1.807) is 28.5 Å². The molecule has 0 fully saturated rings. The molecule has 1 heterocycles. The van der Waals surface area contributed by atoms with Crippen molar-refractivity contribution in [2.75, 3.05) is 12.4 Å². The molecule has 0 aliphatic heterocycles. The summed E-state index contributed by atoms with van der Waals surface area (Å²) in [4.78, 5) is 32.5. The molecule has 23 heavy (non-hydrogen) atoms. The topological polar surface area (TPSA) is 86.3 Å². The Morgan fingerprint density at radius 1 is 1.52 bits per heavy atom. The summed E-state index contributed by atoms with van der Waals surface area (Å²) in [5, 5.41) is 9.23. The van der Waals surface area contributed by atoms with E-state index in [4.69, 9.17) is 0 Å². The Kier molecular flexibility index (Phi) is 9.05. The van der Waals surface area contributed by atoms with Crippen molar-refractivity contribution in [3.63, 3.8) is 0 Å². The van der Waals surface area contributed by atoms with Crippen LogP contribution in [-0.2, 0) is 11.3 Å². The number of carbonyl (C=O) groups is 1. The number of allylic oxidation sites excluding steroid dienone is 1. The molecule has 0 saturated heterocycles. The lowest BCUT2D eigenvalue weighted by atomic mass is 10.2. The molecule has 0 spiro atoms. The van der Waals surface area contributed by atoms with Crippen molar-refractivity contribution in [2.24, 2.45) is 0 Å². The van der Waals surface area contributed by atoms with Gasteiger partial charge < -0.3 is 15.0 Å². The van der Waals surface area contributed by atoms with Crippen LogP contribution < -0.4 is 5.56 Å². The Hall–Kier alpha value is -1.25. The van der Waals surface area contributed by atoms with Crippen LogP contribution in [-0.4, -0.2) is 38.7 Å². The normalized spacial score (nSPS) is 12.0. The molecule has 2 N–H and O–H groups in total. The average molecular weight is 358 g/mol. The van der Waals surface area contributed by atoms with Gasteiger partial charge in [0, 0.05) is 35.6 Å². The SMILES string of the molecule is CCCSS/C(CCO)=C(/C)N(C=O)Cc1cnc(C)[nH]c1=O. The molecule has 0 saturated carbocycles. The molecule has 6 nitrogen and oxygen atoms in total. The van der Waals surface area contributed by atoms with Crippen LogP contribution in [0, 0.1) is 6.92 Å². The van der Waals surface area contributed by atoms with E-state index in [-0.39, 0.29) is 18.7 Å². The largest absolute Gasteiger partial charge is 0.396 e. The van der Waals surface area contributed by atoms with Crippen LogP contribution in [0.3, 0.4) is 0 Å². The Morgan fingerprint density at radius 3 is 2.83 bits per heavy atom. The molecular formula is C15H23N3O3S2. The van der Waals surface area contributed by atoms with Gasteiger partial charge in [0.25, 0.3) is 5.56 Å². The molecule has 0 aliphatic carbocycles. The fraction of sp³-hybridized carbons (Fsp3) is 0.533. The van der Waals surface area contributed by atoms with E-state index in [9.17, 15) is 14.7 Å². The molecule has 0 aliphatic rings. The smallest absolute Gasteiger partial charge is 0.255 e. The molecular weight excluding hydrogens is 334 g/mol. The number of aliphatic hydroxyl groups excluding tert-OH is 1. The lowest BCUT2D eigenvalue weighted by Gasteiger charge is -2.21. The summed E-state index contributed by atoms with van der Waals surface area (Å²) in [5.41, 5.74) is 0.938. The number of rotatable bonds is 10. The highest BCUT2D eigenvalue weighted by Crippen LogP contribution is 2.35. The minimum absolute atomic E-state index is 0.0196. The third-order valence-corrected chi connectivity index (χ3v) is 5.94. The predicted octanol–water partition coefficient (Wildman–Crippen LogP) is 2.44. The maximum absolute atomic E-state index is 11.9. The summed E-state index contributed by atoms with van der Waals surface area (Å²) < 4.78 is 0. The third-order valence-electron chi connectivity index (χ3n) is 3.09. The second kappa shape index (κ2) is 10.5. The van der Waals surface area contributed by atoms with Crippen molar-refractivity contribution in [1.29, 1.82) is 0 Å². The fourth-order valence-corrected chi connectivity index (χ4v) is 4.38. The number of aromatic nitrogens is 2. The first-order valence-electron chi connectivity index (χ1n) is 7.40. The van der Waals surface area contributed by atoms with Gasteiger partial charge in [0.05, 0.1) is 12.1 Å². The van der Waals surface area contributed by atoms with Crippen molar-refractivity contribution in [3.8, 4) is 0 Å². The number of H-pyrrole nitrogens is 1. The van der Waals surface area contributed by atoms with Crippen molar-refractivity contribution in [1.82, 2.24) is 14.9 Å². The second-order valence-corrected chi connectivity index (χ2v) is 7.45. The molecule has 128 valence electrons. The number of amides is 1. The molecule has 0 aromatic carbocycles. The third kappa shape index (κ3) is 6.40. The second-order valence-electron chi connectivity index (χ2n) is 4.94. The van der Waals surface area contributed by atoms with Crippen LogP contribution in [0.4, 0.5) is 0 Å². The maximum Gasteiger partial charge on any atom is 0.255 e. The molecule has 0 radical (unpaired) electrons. The minimum Gasteiger partial charge on any atom is -0.396 e. The number of hydrogen-bond acceptors (Lipinski definition) is 6. The summed E-state index contributed by atoms with van der Waals surface area (Å²) in [6.07, 6.45) is 3.74. The maximum atomic E-state index is 11.9. The highest BCUT2D eigenvalue weighted by atomic mass is 33.1. The van der Waals surface area contributed by atoms with Gasteiger partial charge in [0.15, 0.2) is 0 Å². The van der Waals surface area contributed by atoms with Crippen molar-refractivity contribution < 1.29 is 9.90 Å². The minimum atomic E-state index is -0.242. The summed E-state index contributed by atoms with van der Waals surface area (Å²) >= 11 is 0. The first-order chi connectivity index (χ1) is 11.0. The molecule has 0 unspecified atom stereocenters. The molecule has 1 amide bonds. The molecule has 0 atom stereocenters. The molecule has 0 bridgehead atoms. The number of aromatic amines is 1. The van der Waals surface area contributed by atoms with Gasteiger partial charge in [-0.15, -0.1) is 0 Å². The first-order valence-corrected chi connectivity index (χ1v) is 9.72. The lowest BCUT2D eigenvalue weighted by Crippen LogP contribution is -2.26. The summed E-state index contributed by atoms with van der Waals surface area (Å²) in [6, 6.07) is 0. The highest BCUT2D eigenvalue weighted by molar-refractivity contribution is 8.78. The zero-order valence-corrected chi connectivity index (χ0v) is 15.3. The average Bonchev–Trinajstić information content (AvgIpc) is 2.53. The Bertz CT molecular complexity index is 602. The van der Waals surface area contributed by atoms with Gasteiger partial charge in [-0.25, -0.2) is 4.98 Å². The highest BCUT2D eigenvalue weighted by Gasteiger charge is 2.14. The van der Waals surface area contributed by atoms with Gasteiger partial charge in [-0.1, -0.05) is 28.5 Å². The van der Waals surface area contributed by atoms with Gasteiger partial charge in [0.2, 0.25) is 6.41 Å². The Balaban J connectivity index is 2.96. The van der Waals surface area contributed by atoms with Gasteiger partial charge in [-0.05, 0) is 20.3 Å². The molecule has 1 aromatic rings. The van der Waals surface area contributed by atoms with Crippen LogP contribution in [0.15, 0.2) is 21.6 Å². The summed E-state index contributed by atoms with van der Waals surface area (Å²) in [6.45, 7) is 5.81. The van der Waals surface area contributed by atoms with E-state index in [1.807, 2.05) is 6.92 Å². The van der Waals surface area contributed by atoms with Crippen molar-refractivity contribution >= 4 is 28.0 Å². The van der Waals surface area contributed by atoms with Crippen LogP contribution >= 0.6 is 21.6 Å². The van der Waals surface area contributed by atoms with E-state index in [0.29, 0.717) is 24.2 Å². The number of nitrogens with one attached hydrogen (secondary N) is 1. The number of carbonyl (C=O) groups excluding carboxylic acids is 1. The van der Waals surface area contributed by atoms with Crippen LogP contribution in [0.25, 0.3) is 0 Å². The molecule has 1 aromatic heterocycles. The van der Waals surface area contributed by atoms with Gasteiger partial charge in [-0.2, -0.15) is 0 Å². The van der Waals surface area contributed by atoms with E-state index in [1.165, 1.54) is 11.1 Å². The standard InChI is InChI=1S/C15H23N3O3S2/c1-4-7-22-23-14(5-6-19)11(2)18(10-20)9-13-8-16-12(3)17-15(13)21/h8,10,19H,4-7,9H2,1-3H3,(H,16,17,21)/b14-11-. The molecule has 8 heteroatoms. The fourth-order valence-electron chi connectivity index (χ4n) is 1.78. The summed E-state index contributed by atoms with van der Waals surface area (Å²) in [5.74, 6) is 1.53. The van der Waals surface area contributed by atoms with E-state index >= 15 is 0 Å². The van der Waals surface area contributed by atoms with Crippen LogP contribution in [0.2, 0.25) is 0 Å². The Labute approximate surface area is 144 Å². The van der Waals surface area contributed by atoms with Crippen LogP contribution in [0.1, 0.15) is 38.1 Å². The van der Waals surface area contributed by atoms with Gasteiger partial charge >= 0.3 is 0 Å². The number of nitrogens with zero attached hydrogens (tertiary/aromatic N) is 2. The Morgan fingerprint density at radius 2 is 2.26 bits per heavy atom. The molecule has 1 rings (SSSR count). The van der Waals surface area contributed by atoms with E-state index in [2.05, 4.69) is 16.9 Å². The first kappa shape index (κ1) is 19.8. The summed E-state index contributed by atoms with van der Waals surface area (Å²) in [7, 11) is 3.27. The number of aliphatic hydroxyl groups is 1. The number of hydrogen-bond donors (Lipinski definition) is 2. The zero-order valence-electron chi connectivity index (χ0n) is 13.7. The van der Waals surface area contributed by atoms with Crippen molar-refractivity contribution in [3.05, 3.63) is 38.5 Å². The van der Waals surface area contributed by atoms with E-state index < -0.39 is 0 Å². The van der Waals surface area contributed by atoms with E-state index in [0.717, 1.165) is 22.8 Å². The lowest BCUT2D eigenvalue weighted by molar-refractivity contribution is -0.116. The quantitative estimate of drug-likeness (QED) is 0.380. The van der Waals surface area contributed by atoms with Crippen LogP contribution in [0.5, 0.6) is 0 Å². The predicted molar refractivity (Wildman–Crippen MR) is 95.9 cm³/mol. The van der Waals surface area contributed by atoms with Crippen molar-refractivity contribution in [2.45, 2.75) is 40.2 Å². The van der Waals surface area contributed by atoms with Gasteiger partial charge in [-0.3, -0.25) is 9.59 Å². The zero-order chi connectivity index (χ0) is 17.2.